The predicted molar refractivity (Wildman–Crippen MR) is 64.5 cm³/mol. The van der Waals surface area contributed by atoms with Crippen molar-refractivity contribution in [2.75, 3.05) is 18.1 Å². The van der Waals surface area contributed by atoms with Gasteiger partial charge in [0.2, 0.25) is 0 Å². The van der Waals surface area contributed by atoms with Crippen LogP contribution in [0.4, 0.5) is 48.3 Å². The van der Waals surface area contributed by atoms with Crippen LogP contribution in [0.25, 0.3) is 0 Å². The van der Waals surface area contributed by atoms with E-state index in [0.29, 0.717) is 0 Å². The minimum Gasteiger partial charge on any atom is -0.315 e. The summed E-state index contributed by atoms with van der Waals surface area (Å²) in [5.41, 5.74) is 0. The lowest BCUT2D eigenvalue weighted by atomic mass is 9.99. The van der Waals surface area contributed by atoms with Gasteiger partial charge in [0.25, 0.3) is 0 Å². The zero-order chi connectivity index (χ0) is 19.8. The van der Waals surface area contributed by atoms with E-state index in [9.17, 15) is 56.7 Å². The first-order chi connectivity index (χ1) is 10.3. The molecule has 0 heterocycles. The van der Waals surface area contributed by atoms with Crippen LogP contribution in [-0.4, -0.2) is 56.4 Å². The van der Waals surface area contributed by atoms with Gasteiger partial charge in [-0.1, -0.05) is 0 Å². The lowest BCUT2D eigenvalue weighted by Gasteiger charge is -2.37. The molecule has 0 aliphatic carbocycles. The first-order valence-corrected chi connectivity index (χ1v) is 7.99. The normalized spacial score (nSPS) is 15.7. The molecule has 0 atom stereocenters. The van der Waals surface area contributed by atoms with Gasteiger partial charge in [0.1, 0.15) is 28.8 Å². The van der Waals surface area contributed by atoms with E-state index in [0.717, 1.165) is 23.0 Å². The minimum atomic E-state index is -7.61. The Morgan fingerprint density at radius 1 is 0.750 bits per heavy atom. The van der Waals surface area contributed by atoms with Crippen molar-refractivity contribution in [3.8, 4) is 0 Å². The van der Waals surface area contributed by atoms with Crippen LogP contribution < -0.4 is 0 Å². The molecule has 0 aromatic carbocycles. The molecule has 24 heavy (non-hydrogen) atoms. The van der Waals surface area contributed by atoms with Crippen LogP contribution in [0.5, 0.6) is 0 Å². The van der Waals surface area contributed by atoms with Crippen molar-refractivity contribution < 1.29 is 59.8 Å². The summed E-state index contributed by atoms with van der Waals surface area (Å²) in [7, 11) is -5.25. The van der Waals surface area contributed by atoms with Crippen molar-refractivity contribution in [3.63, 3.8) is 0 Å². The molecule has 0 aromatic heterocycles. The molecule has 0 spiro atoms. The molecular formula is C8H6F11IO3S. The molecule has 0 saturated carbocycles. The van der Waals surface area contributed by atoms with Gasteiger partial charge in [0.15, 0.2) is 9.84 Å². The highest BCUT2D eigenvalue weighted by Crippen LogP contribution is 2.57. The zero-order valence-electron chi connectivity index (χ0n) is 10.8. The summed E-state index contributed by atoms with van der Waals surface area (Å²) in [6, 6.07) is 0. The van der Waals surface area contributed by atoms with Crippen molar-refractivity contribution in [1.29, 1.82) is 0 Å². The van der Waals surface area contributed by atoms with Crippen LogP contribution in [0.1, 0.15) is 0 Å². The Balaban J connectivity index is 5.86. The molecule has 146 valence electrons. The molecule has 0 unspecified atom stereocenters. The highest BCUT2D eigenvalue weighted by molar-refractivity contribution is 14.1. The molecule has 0 radical (unpaired) electrons. The van der Waals surface area contributed by atoms with E-state index in [2.05, 4.69) is 3.07 Å². The number of alkyl halides is 11. The Morgan fingerprint density at radius 3 is 1.50 bits per heavy atom. The van der Waals surface area contributed by atoms with E-state index in [1.54, 1.807) is 0 Å². The van der Waals surface area contributed by atoms with E-state index in [-0.39, 0.29) is 0 Å². The molecular weight excluding hydrogens is 512 g/mol. The topological polar surface area (TPSA) is 43.4 Å². The molecule has 0 amide bonds. The second-order valence-electron chi connectivity index (χ2n) is 4.33. The van der Waals surface area contributed by atoms with Gasteiger partial charge in [-0.3, -0.25) is 0 Å². The second-order valence-corrected chi connectivity index (χ2v) is 7.14. The smallest absolute Gasteiger partial charge is 0.315 e. The average Bonchev–Trinajstić information content (AvgIpc) is 2.33. The quantitative estimate of drug-likeness (QED) is 0.362. The van der Waals surface area contributed by atoms with Gasteiger partial charge in [0.05, 0.1) is 12.4 Å². The third kappa shape index (κ3) is 4.34. The maximum atomic E-state index is 13.2. The van der Waals surface area contributed by atoms with E-state index >= 15 is 0 Å². The van der Waals surface area contributed by atoms with Crippen LogP contribution in [0.2, 0.25) is 0 Å². The molecule has 0 aliphatic heterocycles. The van der Waals surface area contributed by atoms with E-state index in [1.807, 2.05) is 0 Å². The van der Waals surface area contributed by atoms with Crippen LogP contribution in [0.15, 0.2) is 0 Å². The summed E-state index contributed by atoms with van der Waals surface area (Å²) in [5.74, 6) is -33.4. The molecule has 0 rings (SSSR count). The summed E-state index contributed by atoms with van der Waals surface area (Å²) in [5, 5.41) is 0. The number of sulfone groups is 1. The zero-order valence-corrected chi connectivity index (χ0v) is 13.8. The molecule has 0 N–H and O–H groups in total. The number of halogens is 12. The van der Waals surface area contributed by atoms with E-state index in [1.165, 1.54) is 0 Å². The summed E-state index contributed by atoms with van der Waals surface area (Å²) in [6.07, 6.45) is -7.29. The maximum absolute atomic E-state index is 13.2. The van der Waals surface area contributed by atoms with E-state index in [4.69, 9.17) is 0 Å². The summed E-state index contributed by atoms with van der Waals surface area (Å²) >= 11 is 1.07. The van der Waals surface area contributed by atoms with Crippen LogP contribution in [0.3, 0.4) is 0 Å². The van der Waals surface area contributed by atoms with Gasteiger partial charge in [-0.2, -0.15) is 48.3 Å². The Kier molecular flexibility index (Phi) is 6.84. The highest BCUT2D eigenvalue weighted by Gasteiger charge is 2.87. The standard InChI is InChI=1S/C8H6F11IO3S/c9-4(10,3-24(21,22)2-1-23-20)5(11,12)6(13,14)7(15,16)8(17,18)19/h1-3H2. The van der Waals surface area contributed by atoms with Crippen molar-refractivity contribution in [1.82, 2.24) is 0 Å². The molecule has 0 aliphatic rings. The molecule has 0 fully saturated rings. The van der Waals surface area contributed by atoms with Crippen molar-refractivity contribution in [2.24, 2.45) is 0 Å². The summed E-state index contributed by atoms with van der Waals surface area (Å²) < 4.78 is 165. The van der Waals surface area contributed by atoms with Crippen LogP contribution in [-0.2, 0) is 12.9 Å². The fraction of sp³-hybridized carbons (Fsp3) is 1.00. The van der Waals surface area contributed by atoms with Crippen molar-refractivity contribution >= 4 is 32.8 Å². The molecule has 0 aromatic rings. The number of hydrogen-bond donors (Lipinski definition) is 0. The third-order valence-electron chi connectivity index (χ3n) is 2.48. The Morgan fingerprint density at radius 2 is 1.17 bits per heavy atom. The SMILES string of the molecule is O=S(=O)(CCOI)CC(F)(F)C(F)(F)C(F)(F)C(F)(F)C(F)(F)F. The van der Waals surface area contributed by atoms with Gasteiger partial charge in [-0.25, -0.2) is 8.42 Å². The third-order valence-corrected chi connectivity index (χ3v) is 4.51. The first kappa shape index (κ1) is 23.9. The van der Waals surface area contributed by atoms with Crippen LogP contribution in [0, 0.1) is 0 Å². The Hall–Kier alpha value is -0.130. The fourth-order valence-electron chi connectivity index (χ4n) is 1.20. The second kappa shape index (κ2) is 6.88. The molecule has 0 saturated heterocycles. The monoisotopic (exact) mass is 518 g/mol. The molecule has 16 heteroatoms. The Bertz CT molecular complexity index is 542. The van der Waals surface area contributed by atoms with Gasteiger partial charge < -0.3 is 3.07 Å². The lowest BCUT2D eigenvalue weighted by molar-refractivity contribution is -0.419. The lowest BCUT2D eigenvalue weighted by Crippen LogP contribution is -2.67. The Labute approximate surface area is 141 Å². The van der Waals surface area contributed by atoms with E-state index < -0.39 is 57.8 Å². The van der Waals surface area contributed by atoms with Crippen molar-refractivity contribution in [3.05, 3.63) is 0 Å². The van der Waals surface area contributed by atoms with Crippen molar-refractivity contribution in [2.45, 2.75) is 29.9 Å². The van der Waals surface area contributed by atoms with Gasteiger partial charge in [-0.05, 0) is 0 Å². The average molecular weight is 518 g/mol. The summed E-state index contributed by atoms with van der Waals surface area (Å²) in [6.45, 7) is -0.848. The van der Waals surface area contributed by atoms with Gasteiger partial charge >= 0.3 is 29.9 Å². The molecule has 3 nitrogen and oxygen atoms in total. The van der Waals surface area contributed by atoms with Gasteiger partial charge in [-0.15, -0.1) is 0 Å². The number of rotatable bonds is 8. The molecule has 0 bridgehead atoms. The fourth-order valence-corrected chi connectivity index (χ4v) is 2.94. The number of hydrogen-bond acceptors (Lipinski definition) is 3. The minimum absolute atomic E-state index is 0.848. The van der Waals surface area contributed by atoms with Gasteiger partial charge in [0, 0.05) is 0 Å². The largest absolute Gasteiger partial charge is 0.460 e. The predicted octanol–water partition coefficient (Wildman–Crippen LogP) is 3.87. The first-order valence-electron chi connectivity index (χ1n) is 5.29. The summed E-state index contributed by atoms with van der Waals surface area (Å²) in [4.78, 5) is 0. The maximum Gasteiger partial charge on any atom is 0.460 e. The highest BCUT2D eigenvalue weighted by atomic mass is 127. The van der Waals surface area contributed by atoms with Crippen LogP contribution >= 0.6 is 23.0 Å².